The number of fused-ring (bicyclic) bond motifs is 1. The monoisotopic (exact) mass is 465 g/mol. The first-order valence-electron chi connectivity index (χ1n) is 11.3. The first kappa shape index (κ1) is 23.1. The highest BCUT2D eigenvalue weighted by atomic mass is 32.1. The van der Waals surface area contributed by atoms with Crippen molar-refractivity contribution in [2.45, 2.75) is 52.5 Å². The smallest absolute Gasteiger partial charge is 0.337 e. The number of thiol groups is 1. The van der Waals surface area contributed by atoms with Crippen molar-refractivity contribution in [1.82, 2.24) is 4.31 Å². The fourth-order valence-electron chi connectivity index (χ4n) is 4.60. The molecule has 1 aliphatic carbocycles. The van der Waals surface area contributed by atoms with Crippen LogP contribution >= 0.6 is 24.2 Å². The molecule has 2 aromatic carbocycles. The number of nitrogens with zero attached hydrogens (tertiary/aromatic N) is 1. The van der Waals surface area contributed by atoms with Gasteiger partial charge in [-0.3, -0.25) is 0 Å². The lowest BCUT2D eigenvalue weighted by Crippen LogP contribution is -2.22. The molecular weight excluding hydrogens is 434 g/mol. The summed E-state index contributed by atoms with van der Waals surface area (Å²) in [6.45, 7) is 6.02. The molecule has 168 valence electrons. The van der Waals surface area contributed by atoms with E-state index in [1.165, 1.54) is 10.4 Å². The van der Waals surface area contributed by atoms with Gasteiger partial charge in [0.2, 0.25) is 0 Å². The molecule has 3 aromatic rings. The van der Waals surface area contributed by atoms with Gasteiger partial charge in [0.25, 0.3) is 0 Å². The first-order chi connectivity index (χ1) is 15.3. The summed E-state index contributed by atoms with van der Waals surface area (Å²) < 4.78 is 2.04. The molecule has 1 aliphatic rings. The predicted molar refractivity (Wildman–Crippen MR) is 137 cm³/mol. The number of benzene rings is 2. The van der Waals surface area contributed by atoms with Crippen molar-refractivity contribution in [1.29, 1.82) is 0 Å². The quantitative estimate of drug-likeness (QED) is 0.355. The minimum absolute atomic E-state index is 0.149. The van der Waals surface area contributed by atoms with E-state index in [2.05, 4.69) is 50.2 Å². The number of rotatable bonds is 8. The van der Waals surface area contributed by atoms with E-state index < -0.39 is 5.97 Å². The van der Waals surface area contributed by atoms with Gasteiger partial charge in [-0.2, -0.15) is 0 Å². The zero-order chi connectivity index (χ0) is 22.7. The molecule has 32 heavy (non-hydrogen) atoms. The van der Waals surface area contributed by atoms with E-state index in [-0.39, 0.29) is 5.41 Å². The third-order valence-corrected chi connectivity index (χ3v) is 7.99. The topological polar surface area (TPSA) is 40.5 Å². The van der Waals surface area contributed by atoms with Crippen LogP contribution in [-0.4, -0.2) is 21.9 Å². The number of carboxylic acids is 1. The van der Waals surface area contributed by atoms with Crippen molar-refractivity contribution in [3.63, 3.8) is 0 Å². The van der Waals surface area contributed by atoms with Crippen LogP contribution in [0.4, 0.5) is 0 Å². The Labute approximate surface area is 200 Å². The van der Waals surface area contributed by atoms with Crippen molar-refractivity contribution in [2.75, 3.05) is 6.54 Å². The molecule has 0 fully saturated rings. The molecular formula is C27H31NO2S2. The van der Waals surface area contributed by atoms with Crippen LogP contribution in [0.3, 0.4) is 0 Å². The van der Waals surface area contributed by atoms with Gasteiger partial charge in [0, 0.05) is 22.8 Å². The van der Waals surface area contributed by atoms with Gasteiger partial charge < -0.3 is 5.11 Å². The summed E-state index contributed by atoms with van der Waals surface area (Å²) in [6, 6.07) is 18.7. The van der Waals surface area contributed by atoms with Gasteiger partial charge in [0.05, 0.1) is 5.56 Å². The maximum Gasteiger partial charge on any atom is 0.337 e. The van der Waals surface area contributed by atoms with Crippen LogP contribution in [0.1, 0.15) is 58.6 Å². The second-order valence-corrected chi connectivity index (χ2v) is 11.2. The number of carbonyl (C=O) groups is 1. The molecule has 4 rings (SSSR count). The van der Waals surface area contributed by atoms with Gasteiger partial charge in [-0.05, 0) is 59.8 Å². The van der Waals surface area contributed by atoms with E-state index in [1.807, 2.05) is 22.5 Å². The second-order valence-electron chi connectivity index (χ2n) is 9.49. The van der Waals surface area contributed by atoms with Gasteiger partial charge in [-0.1, -0.05) is 81.3 Å². The summed E-state index contributed by atoms with van der Waals surface area (Å²) in [5, 5.41) is 10.1. The number of thiophene rings is 1. The van der Waals surface area contributed by atoms with E-state index in [0.29, 0.717) is 12.1 Å². The molecule has 0 spiro atoms. The predicted octanol–water partition coefficient (Wildman–Crippen LogP) is 6.91. The zero-order valence-electron chi connectivity index (χ0n) is 18.8. The fraction of sp³-hybridized carbons (Fsp3) is 0.370. The second kappa shape index (κ2) is 9.82. The lowest BCUT2D eigenvalue weighted by molar-refractivity contribution is 0.0696. The Morgan fingerprint density at radius 1 is 1.12 bits per heavy atom. The Morgan fingerprint density at radius 3 is 2.59 bits per heavy atom. The average Bonchev–Trinajstić information content (AvgIpc) is 3.12. The lowest BCUT2D eigenvalue weighted by Gasteiger charge is -2.29. The summed E-state index contributed by atoms with van der Waals surface area (Å²) in [5.74, 6) is -0.810. The van der Waals surface area contributed by atoms with Crippen LogP contribution in [0.2, 0.25) is 0 Å². The van der Waals surface area contributed by atoms with Crippen LogP contribution in [0.15, 0.2) is 54.6 Å². The highest BCUT2D eigenvalue weighted by Crippen LogP contribution is 2.45. The van der Waals surface area contributed by atoms with Crippen LogP contribution < -0.4 is 0 Å². The highest BCUT2D eigenvalue weighted by molar-refractivity contribution is 7.77. The number of aryl methyl sites for hydroxylation is 2. The molecule has 1 aromatic heterocycles. The fourth-order valence-corrected chi connectivity index (χ4v) is 6.27. The Bertz CT molecular complexity index is 1090. The molecule has 0 aliphatic heterocycles. The molecule has 0 bridgehead atoms. The lowest BCUT2D eigenvalue weighted by atomic mass is 9.76. The molecule has 0 saturated carbocycles. The molecule has 0 saturated heterocycles. The van der Waals surface area contributed by atoms with E-state index in [1.54, 1.807) is 11.3 Å². The summed E-state index contributed by atoms with van der Waals surface area (Å²) in [4.78, 5) is 14.5. The summed E-state index contributed by atoms with van der Waals surface area (Å²) in [6.07, 6.45) is 4.95. The third kappa shape index (κ3) is 5.28. The standard InChI is InChI=1S/C27H31NO2S2/c1-27(2)15-14-23-22(17-27)24(26(29)30)25(32-23)21-13-7-6-12-20(21)18-28(31)16-8-11-19-9-4-3-5-10-19/h3-7,9-10,12-13,31H,8,11,14-18H2,1-2H3,(H,29,30). The normalized spacial score (nSPS) is 15.0. The molecule has 1 N–H and O–H groups in total. The molecule has 0 radical (unpaired) electrons. The van der Waals surface area contributed by atoms with E-state index in [9.17, 15) is 9.90 Å². The summed E-state index contributed by atoms with van der Waals surface area (Å²) in [5.41, 5.74) is 5.21. The maximum atomic E-state index is 12.3. The van der Waals surface area contributed by atoms with Gasteiger partial charge >= 0.3 is 5.97 Å². The van der Waals surface area contributed by atoms with Crippen LogP contribution in [0, 0.1) is 5.41 Å². The van der Waals surface area contributed by atoms with Crippen molar-refractivity contribution in [3.8, 4) is 10.4 Å². The summed E-state index contributed by atoms with van der Waals surface area (Å²) in [7, 11) is 0. The van der Waals surface area contributed by atoms with E-state index >= 15 is 0 Å². The van der Waals surface area contributed by atoms with Crippen molar-refractivity contribution < 1.29 is 9.90 Å². The average molecular weight is 466 g/mol. The molecule has 0 atom stereocenters. The van der Waals surface area contributed by atoms with Gasteiger partial charge in [-0.15, -0.1) is 11.3 Å². The molecule has 5 heteroatoms. The Hall–Kier alpha value is -2.08. The Balaban J connectivity index is 1.55. The Kier molecular flexibility index (Phi) is 7.08. The summed E-state index contributed by atoms with van der Waals surface area (Å²) >= 11 is 6.41. The van der Waals surface area contributed by atoms with Gasteiger partial charge in [0.15, 0.2) is 0 Å². The number of carboxylic acid groups (broad SMARTS) is 1. The maximum absolute atomic E-state index is 12.3. The van der Waals surface area contributed by atoms with Gasteiger partial charge in [-0.25, -0.2) is 9.10 Å². The molecule has 1 heterocycles. The number of hydrogen-bond acceptors (Lipinski definition) is 4. The van der Waals surface area contributed by atoms with E-state index in [0.717, 1.165) is 60.2 Å². The minimum Gasteiger partial charge on any atom is -0.478 e. The highest BCUT2D eigenvalue weighted by Gasteiger charge is 2.33. The van der Waals surface area contributed by atoms with E-state index in [4.69, 9.17) is 12.8 Å². The SMILES string of the molecule is CC1(C)CCc2sc(-c3ccccc3CN(S)CCCc3ccccc3)c(C(=O)O)c2C1. The number of hydrogen-bond donors (Lipinski definition) is 2. The molecule has 0 amide bonds. The first-order valence-corrected chi connectivity index (χ1v) is 12.5. The van der Waals surface area contributed by atoms with Gasteiger partial charge in [0.1, 0.15) is 0 Å². The van der Waals surface area contributed by atoms with Crippen molar-refractivity contribution >= 4 is 30.1 Å². The number of aromatic carboxylic acids is 1. The van der Waals surface area contributed by atoms with Crippen molar-refractivity contribution in [2.24, 2.45) is 5.41 Å². The molecule has 3 nitrogen and oxygen atoms in total. The van der Waals surface area contributed by atoms with Crippen LogP contribution in [-0.2, 0) is 25.8 Å². The van der Waals surface area contributed by atoms with Crippen LogP contribution in [0.25, 0.3) is 10.4 Å². The Morgan fingerprint density at radius 2 is 1.84 bits per heavy atom. The molecule has 0 unspecified atom stereocenters. The zero-order valence-corrected chi connectivity index (χ0v) is 20.5. The minimum atomic E-state index is -0.810. The largest absolute Gasteiger partial charge is 0.478 e. The van der Waals surface area contributed by atoms with Crippen LogP contribution in [0.5, 0.6) is 0 Å². The van der Waals surface area contributed by atoms with Crippen molar-refractivity contribution in [3.05, 3.63) is 81.7 Å². The third-order valence-electron chi connectivity index (χ3n) is 6.33.